The molecule has 0 saturated carbocycles. The summed E-state index contributed by atoms with van der Waals surface area (Å²) in [6.07, 6.45) is -2.50. The van der Waals surface area contributed by atoms with E-state index in [4.69, 9.17) is 20.7 Å². The van der Waals surface area contributed by atoms with E-state index in [1.54, 1.807) is 0 Å². The number of aliphatic hydroxyl groups is 3. The van der Waals surface area contributed by atoms with E-state index in [9.17, 15) is 5.11 Å². The summed E-state index contributed by atoms with van der Waals surface area (Å²) in [7, 11) is 0. The lowest BCUT2D eigenvalue weighted by Gasteiger charge is -2.35. The summed E-state index contributed by atoms with van der Waals surface area (Å²) in [5.41, 5.74) is 5.43. The van der Waals surface area contributed by atoms with Crippen molar-refractivity contribution >= 4 is 0 Å². The van der Waals surface area contributed by atoms with Gasteiger partial charge in [0, 0.05) is 0 Å². The molecule has 5 nitrogen and oxygen atoms in total. The molecule has 0 unspecified atom stereocenters. The lowest BCUT2D eigenvalue weighted by Crippen LogP contribution is -2.58. The van der Waals surface area contributed by atoms with Crippen LogP contribution in [0.2, 0.25) is 0 Å². The van der Waals surface area contributed by atoms with E-state index in [-0.39, 0.29) is 13.2 Å². The Morgan fingerprint density at radius 3 is 2.64 bits per heavy atom. The first-order valence-electron chi connectivity index (χ1n) is 3.51. The molecule has 0 aromatic carbocycles. The Balaban J connectivity index is 2.52. The van der Waals surface area contributed by atoms with Gasteiger partial charge in [0.2, 0.25) is 0 Å². The van der Waals surface area contributed by atoms with Crippen molar-refractivity contribution in [3.63, 3.8) is 0 Å². The molecule has 0 spiro atoms. The van der Waals surface area contributed by atoms with Crippen LogP contribution in [0, 0.1) is 0 Å². The molecule has 0 aromatic heterocycles. The molecule has 5 N–H and O–H groups in total. The van der Waals surface area contributed by atoms with Gasteiger partial charge in [0.25, 0.3) is 0 Å². The highest BCUT2D eigenvalue weighted by Crippen LogP contribution is 2.12. The zero-order valence-electron chi connectivity index (χ0n) is 6.05. The fourth-order valence-corrected chi connectivity index (χ4v) is 1.08. The molecule has 4 atom stereocenters. The third kappa shape index (κ3) is 1.69. The minimum Gasteiger partial charge on any atom is -0.394 e. The SMILES string of the molecule is N[C@H]1[C@H](O)[C@@H](O)CO[C@@H]1CO. The molecule has 66 valence electrons. The highest BCUT2D eigenvalue weighted by Gasteiger charge is 2.35. The second-order valence-corrected chi connectivity index (χ2v) is 2.69. The maximum absolute atomic E-state index is 9.18. The number of aliphatic hydroxyl groups excluding tert-OH is 3. The molecule has 0 radical (unpaired) electrons. The van der Waals surface area contributed by atoms with E-state index in [0.717, 1.165) is 0 Å². The molecule has 0 aliphatic carbocycles. The van der Waals surface area contributed by atoms with E-state index < -0.39 is 24.4 Å². The van der Waals surface area contributed by atoms with Crippen LogP contribution in [-0.4, -0.2) is 52.9 Å². The topological polar surface area (TPSA) is 95.9 Å². The van der Waals surface area contributed by atoms with Gasteiger partial charge in [-0.3, -0.25) is 0 Å². The third-order valence-electron chi connectivity index (χ3n) is 1.88. The monoisotopic (exact) mass is 163 g/mol. The Morgan fingerprint density at radius 2 is 2.09 bits per heavy atom. The first kappa shape index (κ1) is 8.89. The number of hydrogen-bond donors (Lipinski definition) is 4. The van der Waals surface area contributed by atoms with Gasteiger partial charge < -0.3 is 25.8 Å². The molecule has 1 aliphatic heterocycles. The van der Waals surface area contributed by atoms with Gasteiger partial charge in [0.15, 0.2) is 0 Å². The van der Waals surface area contributed by atoms with Crippen molar-refractivity contribution < 1.29 is 20.1 Å². The Kier molecular flexibility index (Phi) is 2.80. The van der Waals surface area contributed by atoms with Crippen molar-refractivity contribution in [1.82, 2.24) is 0 Å². The van der Waals surface area contributed by atoms with Crippen molar-refractivity contribution in [3.05, 3.63) is 0 Å². The van der Waals surface area contributed by atoms with Crippen LogP contribution in [0.1, 0.15) is 0 Å². The van der Waals surface area contributed by atoms with Crippen molar-refractivity contribution in [2.45, 2.75) is 24.4 Å². The Morgan fingerprint density at radius 1 is 1.45 bits per heavy atom. The van der Waals surface area contributed by atoms with Gasteiger partial charge in [0.05, 0.1) is 31.5 Å². The minimum absolute atomic E-state index is 0.0279. The van der Waals surface area contributed by atoms with E-state index in [1.165, 1.54) is 0 Å². The third-order valence-corrected chi connectivity index (χ3v) is 1.88. The first-order chi connectivity index (χ1) is 5.16. The molecule has 1 rings (SSSR count). The summed E-state index contributed by atoms with van der Waals surface area (Å²) in [4.78, 5) is 0. The van der Waals surface area contributed by atoms with Crippen molar-refractivity contribution in [2.24, 2.45) is 5.73 Å². The number of rotatable bonds is 1. The summed E-state index contributed by atoms with van der Waals surface area (Å²) in [6.45, 7) is -0.203. The molecule has 0 aromatic rings. The smallest absolute Gasteiger partial charge is 0.105 e. The molecule has 5 heteroatoms. The highest BCUT2D eigenvalue weighted by atomic mass is 16.5. The molecule has 11 heavy (non-hydrogen) atoms. The predicted octanol–water partition coefficient (Wildman–Crippen LogP) is -2.57. The number of ether oxygens (including phenoxy) is 1. The molecule has 0 amide bonds. The van der Waals surface area contributed by atoms with Crippen molar-refractivity contribution in [1.29, 1.82) is 0 Å². The molecule has 0 bridgehead atoms. The Hall–Kier alpha value is -0.200. The summed E-state index contributed by atoms with van der Waals surface area (Å²) < 4.78 is 4.94. The highest BCUT2D eigenvalue weighted by molar-refractivity contribution is 4.89. The maximum atomic E-state index is 9.18. The van der Waals surface area contributed by atoms with Gasteiger partial charge in [-0.2, -0.15) is 0 Å². The standard InChI is InChI=1S/C6H13NO4/c7-5-4(1-8)11-2-3(9)6(5)10/h3-6,8-10H,1-2,7H2/t3-,4+,5+,6+/m0/s1. The number of nitrogens with two attached hydrogens (primary N) is 1. The summed E-state index contributed by atoms with van der Waals surface area (Å²) in [5, 5.41) is 26.9. The molecule has 1 fully saturated rings. The van der Waals surface area contributed by atoms with Gasteiger partial charge in [-0.05, 0) is 0 Å². The zero-order chi connectivity index (χ0) is 8.43. The summed E-state index contributed by atoms with van der Waals surface area (Å²) in [5.74, 6) is 0. The van der Waals surface area contributed by atoms with Gasteiger partial charge in [0.1, 0.15) is 6.10 Å². The Bertz CT molecular complexity index is 130. The fraction of sp³-hybridized carbons (Fsp3) is 1.00. The zero-order valence-corrected chi connectivity index (χ0v) is 6.05. The number of hydrogen-bond acceptors (Lipinski definition) is 5. The molecular formula is C6H13NO4. The maximum Gasteiger partial charge on any atom is 0.105 e. The quantitative estimate of drug-likeness (QED) is 0.340. The van der Waals surface area contributed by atoms with Crippen LogP contribution in [0.15, 0.2) is 0 Å². The molecule has 1 saturated heterocycles. The van der Waals surface area contributed by atoms with E-state index in [0.29, 0.717) is 0 Å². The second-order valence-electron chi connectivity index (χ2n) is 2.69. The lowest BCUT2D eigenvalue weighted by atomic mass is 9.99. The summed E-state index contributed by atoms with van der Waals surface area (Å²) >= 11 is 0. The van der Waals surface area contributed by atoms with Gasteiger partial charge in [-0.25, -0.2) is 0 Å². The van der Waals surface area contributed by atoms with Crippen LogP contribution < -0.4 is 5.73 Å². The lowest BCUT2D eigenvalue weighted by molar-refractivity contribution is -0.143. The molecule has 1 heterocycles. The Labute approximate surface area is 64.4 Å². The van der Waals surface area contributed by atoms with Crippen LogP contribution in [0.3, 0.4) is 0 Å². The van der Waals surface area contributed by atoms with Crippen LogP contribution in [-0.2, 0) is 4.74 Å². The van der Waals surface area contributed by atoms with Gasteiger partial charge in [-0.1, -0.05) is 0 Å². The molecule has 1 aliphatic rings. The normalized spacial score (nSPS) is 45.8. The second kappa shape index (κ2) is 3.46. The van der Waals surface area contributed by atoms with E-state index in [1.807, 2.05) is 0 Å². The van der Waals surface area contributed by atoms with Gasteiger partial charge >= 0.3 is 0 Å². The van der Waals surface area contributed by atoms with Crippen LogP contribution >= 0.6 is 0 Å². The van der Waals surface area contributed by atoms with Crippen LogP contribution in [0.5, 0.6) is 0 Å². The van der Waals surface area contributed by atoms with Crippen molar-refractivity contribution in [3.8, 4) is 0 Å². The van der Waals surface area contributed by atoms with Crippen LogP contribution in [0.4, 0.5) is 0 Å². The molecular weight excluding hydrogens is 150 g/mol. The fourth-order valence-electron chi connectivity index (χ4n) is 1.08. The average molecular weight is 163 g/mol. The largest absolute Gasteiger partial charge is 0.394 e. The minimum atomic E-state index is -0.999. The predicted molar refractivity (Wildman–Crippen MR) is 36.8 cm³/mol. The average Bonchev–Trinajstić information content (AvgIpc) is 2.01. The first-order valence-corrected chi connectivity index (χ1v) is 3.51. The van der Waals surface area contributed by atoms with Crippen LogP contribution in [0.25, 0.3) is 0 Å². The van der Waals surface area contributed by atoms with E-state index in [2.05, 4.69) is 0 Å². The van der Waals surface area contributed by atoms with Crippen molar-refractivity contribution in [2.75, 3.05) is 13.2 Å². The summed E-state index contributed by atoms with van der Waals surface area (Å²) in [6, 6.07) is -0.705. The van der Waals surface area contributed by atoms with Gasteiger partial charge in [-0.15, -0.1) is 0 Å². The van der Waals surface area contributed by atoms with E-state index >= 15 is 0 Å².